The van der Waals surface area contributed by atoms with Crippen molar-refractivity contribution < 1.29 is 9.59 Å². The van der Waals surface area contributed by atoms with Crippen LogP contribution in [0.4, 0.5) is 0 Å². The molecule has 0 bridgehead atoms. The Balaban J connectivity index is 0.00000400. The van der Waals surface area contributed by atoms with Crippen molar-refractivity contribution in [3.05, 3.63) is 0 Å². The molecule has 0 aliphatic heterocycles. The summed E-state index contributed by atoms with van der Waals surface area (Å²) in [4.78, 5) is 25.9. The molecule has 0 aromatic heterocycles. The van der Waals surface area contributed by atoms with Crippen LogP contribution in [-0.4, -0.2) is 41.4 Å². The van der Waals surface area contributed by atoms with Crippen molar-refractivity contribution in [1.82, 2.24) is 10.2 Å². The highest BCUT2D eigenvalue weighted by Crippen LogP contribution is 2.32. The van der Waals surface area contributed by atoms with Gasteiger partial charge in [0, 0.05) is 18.1 Å². The minimum Gasteiger partial charge on any atom is -0.350 e. The molecule has 1 rings (SSSR count). The largest absolute Gasteiger partial charge is 0.350 e. The Hall–Kier alpha value is -0.810. The molecule has 2 amide bonds. The minimum atomic E-state index is -0.454. The van der Waals surface area contributed by atoms with Gasteiger partial charge in [0.05, 0.1) is 12.5 Å². The van der Waals surface area contributed by atoms with E-state index in [4.69, 9.17) is 5.73 Å². The Morgan fingerprint density at radius 3 is 2.38 bits per heavy atom. The quantitative estimate of drug-likeness (QED) is 0.831. The molecule has 1 aliphatic carbocycles. The van der Waals surface area contributed by atoms with Gasteiger partial charge < -0.3 is 16.0 Å². The summed E-state index contributed by atoms with van der Waals surface area (Å²) in [7, 11) is 1.68. The van der Waals surface area contributed by atoms with Gasteiger partial charge in [-0.3, -0.25) is 9.59 Å². The highest BCUT2D eigenvalue weighted by atomic mass is 35.5. The van der Waals surface area contributed by atoms with Gasteiger partial charge in [-0.05, 0) is 40.5 Å². The third kappa shape index (κ3) is 6.22. The van der Waals surface area contributed by atoms with E-state index < -0.39 is 5.54 Å². The van der Waals surface area contributed by atoms with Gasteiger partial charge in [-0.15, -0.1) is 12.4 Å². The van der Waals surface area contributed by atoms with E-state index in [0.717, 1.165) is 25.7 Å². The molecule has 3 N–H and O–H groups in total. The molecule has 0 spiro atoms. The Labute approximate surface area is 134 Å². The lowest BCUT2D eigenvalue weighted by molar-refractivity contribution is -0.141. The molecule has 21 heavy (non-hydrogen) atoms. The lowest BCUT2D eigenvalue weighted by atomic mass is 9.74. The van der Waals surface area contributed by atoms with Crippen LogP contribution >= 0.6 is 12.4 Å². The van der Waals surface area contributed by atoms with Crippen LogP contribution in [0.2, 0.25) is 0 Å². The number of hydrogen-bond donors (Lipinski definition) is 2. The normalized spacial score (nSPS) is 25.7. The number of rotatable bonds is 3. The predicted molar refractivity (Wildman–Crippen MR) is 87.3 cm³/mol. The van der Waals surface area contributed by atoms with E-state index >= 15 is 0 Å². The minimum absolute atomic E-state index is 0. The molecule has 0 saturated heterocycles. The van der Waals surface area contributed by atoms with Crippen LogP contribution in [0.1, 0.15) is 53.4 Å². The van der Waals surface area contributed by atoms with Gasteiger partial charge in [0.15, 0.2) is 0 Å². The Morgan fingerprint density at radius 1 is 1.33 bits per heavy atom. The molecular formula is C15H30ClN3O2. The van der Waals surface area contributed by atoms with Crippen molar-refractivity contribution in [2.24, 2.45) is 11.7 Å². The summed E-state index contributed by atoms with van der Waals surface area (Å²) in [5, 5.41) is 2.86. The molecule has 0 heterocycles. The number of carbonyl (C=O) groups is 2. The molecule has 1 fully saturated rings. The first kappa shape index (κ1) is 20.2. The van der Waals surface area contributed by atoms with E-state index in [1.54, 1.807) is 7.05 Å². The first-order valence-electron chi connectivity index (χ1n) is 7.38. The fourth-order valence-electron chi connectivity index (χ4n) is 2.78. The molecule has 124 valence electrons. The van der Waals surface area contributed by atoms with Crippen molar-refractivity contribution in [3.63, 3.8) is 0 Å². The molecule has 0 radical (unpaired) electrons. The molecule has 2 atom stereocenters. The maximum atomic E-state index is 12.5. The zero-order valence-corrected chi connectivity index (χ0v) is 14.7. The van der Waals surface area contributed by atoms with Crippen molar-refractivity contribution in [1.29, 1.82) is 0 Å². The smallest absolute Gasteiger partial charge is 0.240 e. The Morgan fingerprint density at radius 2 is 1.90 bits per heavy atom. The van der Waals surface area contributed by atoms with Gasteiger partial charge in [-0.25, -0.2) is 0 Å². The number of amides is 2. The topological polar surface area (TPSA) is 75.4 Å². The van der Waals surface area contributed by atoms with Crippen LogP contribution in [0.3, 0.4) is 0 Å². The summed E-state index contributed by atoms with van der Waals surface area (Å²) in [5.74, 6) is -0.328. The maximum Gasteiger partial charge on any atom is 0.240 e. The second-order valence-electron chi connectivity index (χ2n) is 7.30. The number of nitrogens with zero attached hydrogens (tertiary/aromatic N) is 1. The fraction of sp³-hybridized carbons (Fsp3) is 0.867. The first-order chi connectivity index (χ1) is 9.03. The van der Waals surface area contributed by atoms with Gasteiger partial charge >= 0.3 is 0 Å². The van der Waals surface area contributed by atoms with Crippen molar-refractivity contribution in [3.8, 4) is 0 Å². The SMILES string of the molecule is CN(CC(=O)NC(C)(C)C)C(=O)C1CCCCC1(C)N.Cl. The number of likely N-dealkylation sites (N-methyl/N-ethyl adjacent to an activating group) is 1. The molecular weight excluding hydrogens is 290 g/mol. The summed E-state index contributed by atoms with van der Waals surface area (Å²) in [5.41, 5.74) is 5.51. The van der Waals surface area contributed by atoms with Crippen molar-refractivity contribution in [2.45, 2.75) is 64.5 Å². The van der Waals surface area contributed by atoms with E-state index in [1.165, 1.54) is 4.90 Å². The average molecular weight is 320 g/mol. The molecule has 1 aliphatic rings. The van der Waals surface area contributed by atoms with E-state index in [-0.39, 0.29) is 42.2 Å². The molecule has 1 saturated carbocycles. The standard InChI is InChI=1S/C15H29N3O2.ClH/c1-14(2,3)17-12(19)10-18(5)13(20)11-8-6-7-9-15(11,4)16;/h11H,6-10,16H2,1-5H3,(H,17,19);1H. The summed E-state index contributed by atoms with van der Waals surface area (Å²) in [6.07, 6.45) is 3.79. The molecule has 0 aromatic rings. The van der Waals surface area contributed by atoms with Gasteiger partial charge in [0.2, 0.25) is 11.8 Å². The van der Waals surface area contributed by atoms with Crippen LogP contribution in [0.15, 0.2) is 0 Å². The third-order valence-corrected chi connectivity index (χ3v) is 3.82. The van der Waals surface area contributed by atoms with E-state index in [0.29, 0.717) is 0 Å². The van der Waals surface area contributed by atoms with E-state index in [9.17, 15) is 9.59 Å². The Bertz CT molecular complexity index is 378. The van der Waals surface area contributed by atoms with Crippen LogP contribution in [-0.2, 0) is 9.59 Å². The van der Waals surface area contributed by atoms with E-state index in [2.05, 4.69) is 5.32 Å². The van der Waals surface area contributed by atoms with Gasteiger partial charge in [0.1, 0.15) is 0 Å². The summed E-state index contributed by atoms with van der Waals surface area (Å²) >= 11 is 0. The van der Waals surface area contributed by atoms with Crippen LogP contribution in [0.5, 0.6) is 0 Å². The molecule has 0 aromatic carbocycles. The highest BCUT2D eigenvalue weighted by Gasteiger charge is 2.39. The number of carbonyl (C=O) groups excluding carboxylic acids is 2. The summed E-state index contributed by atoms with van der Waals surface area (Å²) in [6, 6.07) is 0. The number of halogens is 1. The van der Waals surface area contributed by atoms with E-state index in [1.807, 2.05) is 27.7 Å². The highest BCUT2D eigenvalue weighted by molar-refractivity contribution is 5.86. The lowest BCUT2D eigenvalue weighted by Gasteiger charge is -2.39. The van der Waals surface area contributed by atoms with Crippen molar-refractivity contribution >= 4 is 24.2 Å². The predicted octanol–water partition coefficient (Wildman–Crippen LogP) is 1.69. The van der Waals surface area contributed by atoms with Crippen molar-refractivity contribution in [2.75, 3.05) is 13.6 Å². The number of nitrogens with two attached hydrogens (primary N) is 1. The summed E-state index contributed by atoms with van der Waals surface area (Å²) < 4.78 is 0. The lowest BCUT2D eigenvalue weighted by Crippen LogP contribution is -2.54. The molecule has 6 heteroatoms. The molecule has 5 nitrogen and oxygen atoms in total. The average Bonchev–Trinajstić information content (AvgIpc) is 2.24. The van der Waals surface area contributed by atoms with Crippen LogP contribution in [0.25, 0.3) is 0 Å². The maximum absolute atomic E-state index is 12.5. The number of hydrogen-bond acceptors (Lipinski definition) is 3. The third-order valence-electron chi connectivity index (χ3n) is 3.82. The van der Waals surface area contributed by atoms with Crippen LogP contribution < -0.4 is 11.1 Å². The Kier molecular flexibility index (Phi) is 7.16. The second kappa shape index (κ2) is 7.45. The monoisotopic (exact) mass is 319 g/mol. The summed E-state index contributed by atoms with van der Waals surface area (Å²) in [6.45, 7) is 7.79. The van der Waals surface area contributed by atoms with Gasteiger partial charge in [-0.2, -0.15) is 0 Å². The zero-order chi connectivity index (χ0) is 15.6. The number of nitrogens with one attached hydrogen (secondary N) is 1. The van der Waals surface area contributed by atoms with Crippen LogP contribution in [0, 0.1) is 5.92 Å². The fourth-order valence-corrected chi connectivity index (χ4v) is 2.78. The second-order valence-corrected chi connectivity index (χ2v) is 7.30. The zero-order valence-electron chi connectivity index (χ0n) is 13.9. The molecule has 2 unspecified atom stereocenters. The first-order valence-corrected chi connectivity index (χ1v) is 7.38. The van der Waals surface area contributed by atoms with Gasteiger partial charge in [-0.1, -0.05) is 12.8 Å². The van der Waals surface area contributed by atoms with Gasteiger partial charge in [0.25, 0.3) is 0 Å².